The Labute approximate surface area is 110 Å². The average Bonchev–Trinajstić information content (AvgIpc) is 2.26. The van der Waals surface area contributed by atoms with Crippen LogP contribution in [0.15, 0.2) is 4.99 Å². The van der Waals surface area contributed by atoms with Gasteiger partial charge in [0.15, 0.2) is 5.96 Å². The van der Waals surface area contributed by atoms with E-state index in [1.807, 2.05) is 0 Å². The molecule has 0 heterocycles. The Morgan fingerprint density at radius 1 is 1.17 bits per heavy atom. The minimum atomic E-state index is -3.43. The summed E-state index contributed by atoms with van der Waals surface area (Å²) in [5.74, 6) is 0.146. The van der Waals surface area contributed by atoms with Gasteiger partial charge in [-0.25, -0.2) is 13.6 Å². The molecule has 18 heavy (non-hydrogen) atoms. The van der Waals surface area contributed by atoms with E-state index in [2.05, 4.69) is 17.2 Å². The van der Waals surface area contributed by atoms with Crippen molar-refractivity contribution in [2.75, 3.05) is 18.8 Å². The van der Waals surface area contributed by atoms with Crippen molar-refractivity contribution in [2.45, 2.75) is 45.4 Å². The average molecular weight is 278 g/mol. The van der Waals surface area contributed by atoms with E-state index < -0.39 is 10.0 Å². The zero-order valence-electron chi connectivity index (χ0n) is 11.2. The molecule has 0 bridgehead atoms. The Morgan fingerprint density at radius 2 is 1.78 bits per heavy atom. The number of sulfonamides is 1. The highest BCUT2D eigenvalue weighted by Gasteiger charge is 2.01. The van der Waals surface area contributed by atoms with Gasteiger partial charge in [-0.3, -0.25) is 4.99 Å². The first-order valence-electron chi connectivity index (χ1n) is 6.50. The van der Waals surface area contributed by atoms with E-state index >= 15 is 0 Å². The molecule has 0 aliphatic rings. The predicted octanol–water partition coefficient (Wildman–Crippen LogP) is 0.540. The topological polar surface area (TPSA) is 111 Å². The maximum atomic E-state index is 10.7. The Bertz CT molecular complexity index is 328. The van der Waals surface area contributed by atoms with Gasteiger partial charge in [0.05, 0.1) is 5.75 Å². The van der Waals surface area contributed by atoms with Crippen LogP contribution in [0.2, 0.25) is 0 Å². The Hall–Kier alpha value is -0.820. The molecule has 5 N–H and O–H groups in total. The van der Waals surface area contributed by atoms with Crippen molar-refractivity contribution in [1.29, 1.82) is 0 Å². The lowest BCUT2D eigenvalue weighted by Gasteiger charge is -2.04. The van der Waals surface area contributed by atoms with Gasteiger partial charge in [0.2, 0.25) is 10.0 Å². The molecular weight excluding hydrogens is 252 g/mol. The van der Waals surface area contributed by atoms with Gasteiger partial charge < -0.3 is 11.1 Å². The van der Waals surface area contributed by atoms with Crippen LogP contribution in [0.25, 0.3) is 0 Å². The van der Waals surface area contributed by atoms with Crippen molar-refractivity contribution in [2.24, 2.45) is 15.9 Å². The quantitative estimate of drug-likeness (QED) is 0.308. The van der Waals surface area contributed by atoms with Gasteiger partial charge in [0, 0.05) is 13.1 Å². The Morgan fingerprint density at radius 3 is 2.39 bits per heavy atom. The fourth-order valence-electron chi connectivity index (χ4n) is 1.47. The summed E-state index contributed by atoms with van der Waals surface area (Å²) in [5, 5.41) is 7.57. The second kappa shape index (κ2) is 10.1. The zero-order valence-corrected chi connectivity index (χ0v) is 12.0. The molecule has 0 aromatic rings. The van der Waals surface area contributed by atoms with Crippen LogP contribution in [0.1, 0.15) is 45.4 Å². The van der Waals surface area contributed by atoms with Crippen LogP contribution in [0.5, 0.6) is 0 Å². The number of nitrogens with one attached hydrogen (secondary N) is 1. The number of aliphatic imine (C=N–C) groups is 1. The van der Waals surface area contributed by atoms with Gasteiger partial charge in [-0.05, 0) is 6.42 Å². The van der Waals surface area contributed by atoms with Crippen molar-refractivity contribution in [3.63, 3.8) is 0 Å². The highest BCUT2D eigenvalue weighted by Crippen LogP contribution is 2.04. The van der Waals surface area contributed by atoms with Crippen molar-refractivity contribution in [3.05, 3.63) is 0 Å². The zero-order chi connectivity index (χ0) is 13.9. The summed E-state index contributed by atoms with van der Waals surface area (Å²) in [4.78, 5) is 4.11. The second-order valence-electron chi connectivity index (χ2n) is 4.33. The van der Waals surface area contributed by atoms with Crippen LogP contribution >= 0.6 is 0 Å². The van der Waals surface area contributed by atoms with Crippen molar-refractivity contribution < 1.29 is 8.42 Å². The van der Waals surface area contributed by atoms with Crippen LogP contribution in [0.4, 0.5) is 0 Å². The standard InChI is InChI=1S/C11H26N4O2S/c1-2-3-4-5-6-7-8-14-11(12)15-9-10-18(13,16)17/h2-10H2,1H3,(H3,12,14,15)(H2,13,16,17). The minimum Gasteiger partial charge on any atom is -0.370 e. The largest absolute Gasteiger partial charge is 0.370 e. The summed E-state index contributed by atoms with van der Waals surface area (Å²) >= 11 is 0. The molecule has 7 heteroatoms. The lowest BCUT2D eigenvalue weighted by atomic mass is 10.1. The summed E-state index contributed by atoms with van der Waals surface area (Å²) < 4.78 is 21.3. The third-order valence-electron chi connectivity index (χ3n) is 2.49. The molecular formula is C11H26N4O2S. The Kier molecular flexibility index (Phi) is 9.67. The maximum absolute atomic E-state index is 10.7. The van der Waals surface area contributed by atoms with Crippen LogP contribution in [-0.2, 0) is 10.0 Å². The number of guanidine groups is 1. The number of hydrogen-bond donors (Lipinski definition) is 3. The molecule has 0 aliphatic heterocycles. The first-order valence-corrected chi connectivity index (χ1v) is 8.21. The molecule has 0 unspecified atom stereocenters. The van der Waals surface area contributed by atoms with Crippen molar-refractivity contribution in [1.82, 2.24) is 5.32 Å². The highest BCUT2D eigenvalue weighted by atomic mass is 32.2. The molecule has 0 aromatic carbocycles. The number of primary sulfonamides is 1. The molecule has 0 saturated heterocycles. The van der Waals surface area contributed by atoms with E-state index in [1.165, 1.54) is 25.7 Å². The lowest BCUT2D eigenvalue weighted by Crippen LogP contribution is -2.36. The van der Waals surface area contributed by atoms with Gasteiger partial charge in [0.25, 0.3) is 0 Å². The summed E-state index contributed by atoms with van der Waals surface area (Å²) in [6, 6.07) is 0. The number of nitrogens with zero attached hydrogens (tertiary/aromatic N) is 1. The first kappa shape index (κ1) is 17.2. The molecule has 0 fully saturated rings. The minimum absolute atomic E-state index is 0.139. The first-order chi connectivity index (χ1) is 8.45. The van der Waals surface area contributed by atoms with E-state index in [-0.39, 0.29) is 18.3 Å². The predicted molar refractivity (Wildman–Crippen MR) is 75.8 cm³/mol. The van der Waals surface area contributed by atoms with Gasteiger partial charge in [0.1, 0.15) is 0 Å². The molecule has 108 valence electrons. The summed E-state index contributed by atoms with van der Waals surface area (Å²) in [7, 11) is -3.43. The lowest BCUT2D eigenvalue weighted by molar-refractivity contribution is 0.596. The van der Waals surface area contributed by atoms with E-state index in [0.717, 1.165) is 12.8 Å². The highest BCUT2D eigenvalue weighted by molar-refractivity contribution is 7.89. The summed E-state index contributed by atoms with van der Waals surface area (Å²) in [6.45, 7) is 3.07. The molecule has 0 rings (SSSR count). The monoisotopic (exact) mass is 278 g/mol. The van der Waals surface area contributed by atoms with Crippen molar-refractivity contribution in [3.8, 4) is 0 Å². The van der Waals surface area contributed by atoms with E-state index in [0.29, 0.717) is 6.54 Å². The SMILES string of the molecule is CCCCCCCCN=C(N)NCCS(N)(=O)=O. The molecule has 0 amide bonds. The van der Waals surface area contributed by atoms with E-state index in [9.17, 15) is 8.42 Å². The van der Waals surface area contributed by atoms with Gasteiger partial charge >= 0.3 is 0 Å². The molecule has 0 aromatic heterocycles. The smallest absolute Gasteiger partial charge is 0.210 e. The second-order valence-corrected chi connectivity index (χ2v) is 6.06. The van der Waals surface area contributed by atoms with Gasteiger partial charge in [-0.2, -0.15) is 0 Å². The summed E-state index contributed by atoms with van der Waals surface area (Å²) in [6.07, 6.45) is 7.24. The van der Waals surface area contributed by atoms with Crippen LogP contribution in [0.3, 0.4) is 0 Å². The number of nitrogens with two attached hydrogens (primary N) is 2. The number of unbranched alkanes of at least 4 members (excludes halogenated alkanes) is 5. The van der Waals surface area contributed by atoms with E-state index in [1.54, 1.807) is 0 Å². The molecule has 0 atom stereocenters. The number of rotatable bonds is 10. The fraction of sp³-hybridized carbons (Fsp3) is 0.909. The summed E-state index contributed by atoms with van der Waals surface area (Å²) in [5.41, 5.74) is 5.57. The third kappa shape index (κ3) is 13.2. The third-order valence-corrected chi connectivity index (χ3v) is 3.26. The molecule has 0 aliphatic carbocycles. The maximum Gasteiger partial charge on any atom is 0.210 e. The normalized spacial score (nSPS) is 12.7. The van der Waals surface area contributed by atoms with Crippen molar-refractivity contribution >= 4 is 16.0 Å². The Balaban J connectivity index is 3.48. The molecule has 0 radical (unpaired) electrons. The van der Waals surface area contributed by atoms with E-state index in [4.69, 9.17) is 10.9 Å². The van der Waals surface area contributed by atoms with Gasteiger partial charge in [-0.15, -0.1) is 0 Å². The van der Waals surface area contributed by atoms with Crippen LogP contribution < -0.4 is 16.2 Å². The fourth-order valence-corrected chi connectivity index (χ4v) is 1.86. The number of hydrogen-bond acceptors (Lipinski definition) is 3. The molecule has 0 saturated carbocycles. The van der Waals surface area contributed by atoms with Crippen LogP contribution in [-0.4, -0.2) is 33.2 Å². The molecule has 6 nitrogen and oxygen atoms in total. The van der Waals surface area contributed by atoms with Crippen LogP contribution in [0, 0.1) is 0 Å². The van der Waals surface area contributed by atoms with Gasteiger partial charge in [-0.1, -0.05) is 39.0 Å². The molecule has 0 spiro atoms.